The van der Waals surface area contributed by atoms with Crippen molar-refractivity contribution in [3.63, 3.8) is 0 Å². The summed E-state index contributed by atoms with van der Waals surface area (Å²) in [5.74, 6) is 0.201. The van der Waals surface area contributed by atoms with Crippen molar-refractivity contribution in [3.8, 4) is 0 Å². The number of hydrogen-bond acceptors (Lipinski definition) is 4. The molecule has 2 heterocycles. The molecule has 5 rings (SSSR count). The van der Waals surface area contributed by atoms with Crippen LogP contribution in [-0.2, 0) is 35.8 Å². The van der Waals surface area contributed by atoms with Crippen LogP contribution in [0.15, 0.2) is 53.3 Å². The lowest BCUT2D eigenvalue weighted by Crippen LogP contribution is -2.34. The summed E-state index contributed by atoms with van der Waals surface area (Å²) in [5.41, 5.74) is 1.32. The Labute approximate surface area is 211 Å². The first-order chi connectivity index (χ1) is 17.6. The molecule has 1 aliphatic heterocycles. The molecule has 1 aliphatic carbocycles. The van der Waals surface area contributed by atoms with E-state index in [1.807, 2.05) is 18.2 Å². The molecule has 6 nitrogen and oxygen atoms in total. The van der Waals surface area contributed by atoms with E-state index in [0.717, 1.165) is 30.5 Å². The molecule has 1 N–H and O–H groups in total. The molecule has 0 radical (unpaired) electrons. The van der Waals surface area contributed by atoms with Crippen LogP contribution in [0.4, 0.5) is 13.2 Å². The van der Waals surface area contributed by atoms with E-state index >= 15 is 0 Å². The molecule has 192 valence electrons. The largest absolute Gasteiger partial charge is 0.416 e. The Balaban J connectivity index is 1.39. The van der Waals surface area contributed by atoms with Crippen LogP contribution in [0.25, 0.3) is 0 Å². The van der Waals surface area contributed by atoms with Gasteiger partial charge in [0.25, 0.3) is 5.56 Å². The molecule has 0 unspecified atom stereocenters. The molecule has 1 aromatic heterocycles. The van der Waals surface area contributed by atoms with Gasteiger partial charge >= 0.3 is 6.18 Å². The summed E-state index contributed by atoms with van der Waals surface area (Å²) in [5, 5.41) is 0. The minimum atomic E-state index is -4.48. The van der Waals surface area contributed by atoms with Gasteiger partial charge in [-0.15, -0.1) is 0 Å². The molecular weight excluding hydrogens is 483 g/mol. The molecule has 9 heteroatoms. The van der Waals surface area contributed by atoms with Crippen LogP contribution < -0.4 is 5.56 Å². The van der Waals surface area contributed by atoms with Gasteiger partial charge in [0, 0.05) is 12.1 Å². The number of nitrogens with zero attached hydrogens (tertiary/aromatic N) is 2. The maximum Gasteiger partial charge on any atom is 0.416 e. The summed E-state index contributed by atoms with van der Waals surface area (Å²) < 4.78 is 39.2. The van der Waals surface area contributed by atoms with Gasteiger partial charge in [0.1, 0.15) is 5.82 Å². The molecule has 3 aromatic rings. The first-order valence-corrected chi connectivity index (χ1v) is 12.2. The topological polar surface area (TPSA) is 83.1 Å². The predicted octanol–water partition coefficient (Wildman–Crippen LogP) is 4.59. The number of fused-ring (bicyclic) bond motifs is 1. The lowest BCUT2D eigenvalue weighted by Gasteiger charge is -2.21. The van der Waals surface area contributed by atoms with Gasteiger partial charge in [-0.1, -0.05) is 36.4 Å². The molecule has 0 saturated heterocycles. The second-order valence-corrected chi connectivity index (χ2v) is 9.85. The third-order valence-corrected chi connectivity index (χ3v) is 7.28. The minimum Gasteiger partial charge on any atom is -0.338 e. The number of rotatable bonds is 5. The fourth-order valence-electron chi connectivity index (χ4n) is 5.03. The van der Waals surface area contributed by atoms with Gasteiger partial charge in [0.15, 0.2) is 5.78 Å². The number of aryl methyl sites for hydroxylation is 1. The number of amides is 1. The van der Waals surface area contributed by atoms with Crippen LogP contribution in [-0.4, -0.2) is 33.1 Å². The van der Waals surface area contributed by atoms with Crippen molar-refractivity contribution in [2.45, 2.75) is 57.2 Å². The van der Waals surface area contributed by atoms with Gasteiger partial charge in [-0.25, -0.2) is 4.98 Å². The normalized spacial score (nSPS) is 16.6. The van der Waals surface area contributed by atoms with E-state index in [4.69, 9.17) is 4.98 Å². The molecule has 1 saturated carbocycles. The van der Waals surface area contributed by atoms with Crippen LogP contribution in [0.5, 0.6) is 0 Å². The first-order valence-electron chi connectivity index (χ1n) is 12.2. The molecule has 2 aliphatic rings. The van der Waals surface area contributed by atoms with Crippen molar-refractivity contribution >= 4 is 11.7 Å². The number of carbonyl (C=O) groups is 2. The fourth-order valence-corrected chi connectivity index (χ4v) is 5.03. The zero-order valence-corrected chi connectivity index (χ0v) is 20.3. The van der Waals surface area contributed by atoms with Gasteiger partial charge in [0.2, 0.25) is 5.91 Å². The van der Waals surface area contributed by atoms with Crippen LogP contribution in [0.3, 0.4) is 0 Å². The molecule has 0 atom stereocenters. The summed E-state index contributed by atoms with van der Waals surface area (Å²) in [6.45, 7) is 1.96. The number of carbonyl (C=O) groups excluding carboxylic acids is 2. The molecule has 2 aromatic carbocycles. The Hall–Kier alpha value is -3.75. The van der Waals surface area contributed by atoms with Crippen LogP contribution in [0.2, 0.25) is 0 Å². The monoisotopic (exact) mass is 509 g/mol. The Morgan fingerprint density at radius 2 is 1.86 bits per heavy atom. The predicted molar refractivity (Wildman–Crippen MR) is 130 cm³/mol. The standard InChI is InChI=1S/C28H26F3N3O3/c1-17(35)19-6-3-7-20(15-19)27(10-11-27)26-32-23-9-4-12-34(16-22(23)25(37)33-26)24(36)14-18-5-2-8-21(13-18)28(29,30)31/h2-3,5-8,13,15H,4,9-12,14,16H2,1H3,(H,32,33,37). The highest BCUT2D eigenvalue weighted by molar-refractivity contribution is 5.94. The van der Waals surface area contributed by atoms with E-state index < -0.39 is 17.2 Å². The van der Waals surface area contributed by atoms with Crippen molar-refractivity contribution in [3.05, 3.63) is 98.2 Å². The fraction of sp³-hybridized carbons (Fsp3) is 0.357. The SMILES string of the molecule is CC(=O)c1cccc(C2(c3nc4c(c(=O)[nH]3)CN(C(=O)Cc3cccc(C(F)(F)F)c3)CCC4)CC2)c1. The van der Waals surface area contributed by atoms with Crippen LogP contribution in [0.1, 0.15) is 70.3 Å². The van der Waals surface area contributed by atoms with E-state index in [1.165, 1.54) is 24.0 Å². The number of aromatic nitrogens is 2. The third kappa shape index (κ3) is 4.95. The Morgan fingerprint density at radius 1 is 1.11 bits per heavy atom. The van der Waals surface area contributed by atoms with Crippen molar-refractivity contribution in [1.29, 1.82) is 0 Å². The molecular formula is C28H26F3N3O3. The second kappa shape index (κ2) is 9.28. The van der Waals surface area contributed by atoms with Crippen LogP contribution in [0, 0.1) is 0 Å². The molecule has 1 amide bonds. The van der Waals surface area contributed by atoms with E-state index in [9.17, 15) is 27.6 Å². The lowest BCUT2D eigenvalue weighted by molar-refractivity contribution is -0.138. The average Bonchev–Trinajstić information content (AvgIpc) is 3.68. The molecule has 37 heavy (non-hydrogen) atoms. The Kier molecular flexibility index (Phi) is 6.25. The van der Waals surface area contributed by atoms with Gasteiger partial charge in [-0.3, -0.25) is 14.4 Å². The van der Waals surface area contributed by atoms with Crippen molar-refractivity contribution in [1.82, 2.24) is 14.9 Å². The number of H-pyrrole nitrogens is 1. The zero-order chi connectivity index (χ0) is 26.4. The molecule has 1 fully saturated rings. The third-order valence-electron chi connectivity index (χ3n) is 7.28. The highest BCUT2D eigenvalue weighted by Gasteiger charge is 2.49. The quantitative estimate of drug-likeness (QED) is 0.510. The molecule has 0 spiro atoms. The summed E-state index contributed by atoms with van der Waals surface area (Å²) in [7, 11) is 0. The zero-order valence-electron chi connectivity index (χ0n) is 20.3. The van der Waals surface area contributed by atoms with Gasteiger partial charge in [-0.05, 0) is 55.9 Å². The average molecular weight is 510 g/mol. The number of alkyl halides is 3. The Morgan fingerprint density at radius 3 is 2.57 bits per heavy atom. The Bertz CT molecular complexity index is 1440. The maximum atomic E-state index is 13.2. The number of halogens is 3. The summed E-state index contributed by atoms with van der Waals surface area (Å²) >= 11 is 0. The highest BCUT2D eigenvalue weighted by Crippen LogP contribution is 2.52. The molecule has 0 bridgehead atoms. The van der Waals surface area contributed by atoms with E-state index in [2.05, 4.69) is 4.98 Å². The highest BCUT2D eigenvalue weighted by atomic mass is 19.4. The van der Waals surface area contributed by atoms with E-state index in [1.54, 1.807) is 6.07 Å². The first kappa shape index (κ1) is 24.9. The summed E-state index contributed by atoms with van der Waals surface area (Å²) in [4.78, 5) is 47.3. The number of nitrogens with one attached hydrogen (secondary N) is 1. The maximum absolute atomic E-state index is 13.2. The minimum absolute atomic E-state index is 0.0316. The lowest BCUT2D eigenvalue weighted by atomic mass is 9.92. The van der Waals surface area contributed by atoms with E-state index in [0.29, 0.717) is 42.0 Å². The smallest absolute Gasteiger partial charge is 0.338 e. The number of hydrogen-bond donors (Lipinski definition) is 1. The van der Waals surface area contributed by atoms with Crippen LogP contribution >= 0.6 is 0 Å². The number of ketones is 1. The second-order valence-electron chi connectivity index (χ2n) is 9.85. The van der Waals surface area contributed by atoms with Crippen molar-refractivity contribution < 1.29 is 22.8 Å². The van der Waals surface area contributed by atoms with Gasteiger partial charge in [0.05, 0.1) is 35.2 Å². The van der Waals surface area contributed by atoms with E-state index in [-0.39, 0.29) is 35.8 Å². The summed E-state index contributed by atoms with van der Waals surface area (Å²) in [6, 6.07) is 12.1. The van der Waals surface area contributed by atoms with Crippen molar-refractivity contribution in [2.24, 2.45) is 0 Å². The summed E-state index contributed by atoms with van der Waals surface area (Å²) in [6.07, 6.45) is -1.95. The van der Waals surface area contributed by atoms with Gasteiger partial charge in [-0.2, -0.15) is 13.2 Å². The number of Topliss-reactive ketones (excluding diaryl/α,β-unsaturated/α-hetero) is 1. The van der Waals surface area contributed by atoms with Crippen molar-refractivity contribution in [2.75, 3.05) is 6.54 Å². The number of benzene rings is 2. The van der Waals surface area contributed by atoms with Gasteiger partial charge < -0.3 is 9.88 Å². The number of aromatic amines is 1.